The number of para-hydroxylation sites is 1. The lowest BCUT2D eigenvalue weighted by atomic mass is 10.0. The minimum atomic E-state index is -0.899. The predicted octanol–water partition coefficient (Wildman–Crippen LogP) is 3.33. The summed E-state index contributed by atoms with van der Waals surface area (Å²) in [5, 5.41) is 5.44. The number of aromatic nitrogens is 3. The number of thioether (sulfide) groups is 1. The second-order valence-electron chi connectivity index (χ2n) is 7.04. The van der Waals surface area contributed by atoms with Crippen LogP contribution >= 0.6 is 23.4 Å². The summed E-state index contributed by atoms with van der Waals surface area (Å²) in [4.78, 5) is 42.2. The van der Waals surface area contributed by atoms with Crippen LogP contribution in [0.2, 0.25) is 5.02 Å². The van der Waals surface area contributed by atoms with E-state index in [1.165, 1.54) is 35.2 Å². The molecule has 1 aliphatic heterocycles. The molecule has 0 spiro atoms. The van der Waals surface area contributed by atoms with Gasteiger partial charge in [0.1, 0.15) is 5.75 Å². The van der Waals surface area contributed by atoms with Gasteiger partial charge in [0.25, 0.3) is 6.17 Å². The van der Waals surface area contributed by atoms with Crippen molar-refractivity contribution in [1.29, 1.82) is 0 Å². The molecule has 1 N–H and O–H groups in total. The number of aromatic amines is 1. The molecule has 3 aromatic rings. The molecule has 0 aliphatic carbocycles. The van der Waals surface area contributed by atoms with Crippen LogP contribution in [0, 0.1) is 0 Å². The van der Waals surface area contributed by atoms with E-state index in [4.69, 9.17) is 16.3 Å². The van der Waals surface area contributed by atoms with Crippen molar-refractivity contribution in [2.24, 2.45) is 0 Å². The second kappa shape index (κ2) is 8.76. The van der Waals surface area contributed by atoms with Crippen molar-refractivity contribution in [2.45, 2.75) is 32.1 Å². The monoisotopic (exact) mass is 471 g/mol. The Hall–Kier alpha value is -3.17. The lowest BCUT2D eigenvalue weighted by molar-refractivity contribution is -0.763. The summed E-state index contributed by atoms with van der Waals surface area (Å²) in [6.45, 7) is 4.66. The van der Waals surface area contributed by atoms with Gasteiger partial charge in [0.05, 0.1) is 16.8 Å². The normalized spacial score (nSPS) is 14.5. The van der Waals surface area contributed by atoms with E-state index in [9.17, 15) is 14.4 Å². The van der Waals surface area contributed by atoms with E-state index in [-0.39, 0.29) is 22.9 Å². The maximum atomic E-state index is 13.2. The van der Waals surface area contributed by atoms with Crippen molar-refractivity contribution >= 4 is 40.9 Å². The Morgan fingerprint density at radius 2 is 2.00 bits per heavy atom. The van der Waals surface area contributed by atoms with Crippen molar-refractivity contribution in [2.75, 3.05) is 10.7 Å². The van der Waals surface area contributed by atoms with Gasteiger partial charge < -0.3 is 4.74 Å². The zero-order chi connectivity index (χ0) is 23.0. The van der Waals surface area contributed by atoms with E-state index >= 15 is 0 Å². The summed E-state index contributed by atoms with van der Waals surface area (Å²) in [5.41, 5.74) is 1.48. The summed E-state index contributed by atoms with van der Waals surface area (Å²) >= 11 is 7.66. The standard InChI is InChI=1S/C22H19ClN4O4S/c1-4-32-22-24-20(30)19-15-7-5-6-8-17(15)26(12(2)28)21(27(19)25-22)16-11-14(23)9-10-18(16)31-13(3)29/h5-11,21H,4H2,1-3H3/p+1/t21-/m1/s1. The maximum Gasteiger partial charge on any atom is 0.325 e. The minimum absolute atomic E-state index is 0.225. The highest BCUT2D eigenvalue weighted by atomic mass is 35.5. The highest BCUT2D eigenvalue weighted by molar-refractivity contribution is 7.99. The lowest BCUT2D eigenvalue weighted by Gasteiger charge is -2.31. The number of nitrogens with zero attached hydrogens (tertiary/aromatic N) is 3. The largest absolute Gasteiger partial charge is 0.426 e. The molecule has 0 radical (unpaired) electrons. The van der Waals surface area contributed by atoms with Crippen LogP contribution in [-0.2, 0) is 9.59 Å². The number of carbonyl (C=O) groups is 2. The number of nitrogens with one attached hydrogen (secondary N) is 1. The predicted molar refractivity (Wildman–Crippen MR) is 121 cm³/mol. The SMILES string of the molecule is CCSc1n[n+]2c(c(=O)[nH]1)-c1ccccc1N(C(C)=O)[C@H]2c1cc(Cl)ccc1OC(C)=O. The van der Waals surface area contributed by atoms with E-state index in [1.807, 2.05) is 6.92 Å². The summed E-state index contributed by atoms with van der Waals surface area (Å²) in [6, 6.07) is 11.9. The summed E-state index contributed by atoms with van der Waals surface area (Å²) in [6.07, 6.45) is -0.899. The van der Waals surface area contributed by atoms with Crippen LogP contribution in [0.15, 0.2) is 52.4 Å². The Labute approximate surface area is 193 Å². The van der Waals surface area contributed by atoms with E-state index in [0.717, 1.165) is 0 Å². The third kappa shape index (κ3) is 3.89. The van der Waals surface area contributed by atoms with Crippen molar-refractivity contribution in [1.82, 2.24) is 10.1 Å². The first-order valence-electron chi connectivity index (χ1n) is 9.87. The van der Waals surface area contributed by atoms with E-state index in [0.29, 0.717) is 32.7 Å². The van der Waals surface area contributed by atoms with Gasteiger partial charge >= 0.3 is 17.2 Å². The Morgan fingerprint density at radius 1 is 1.25 bits per heavy atom. The van der Waals surface area contributed by atoms with Crippen molar-refractivity contribution in [3.63, 3.8) is 0 Å². The van der Waals surface area contributed by atoms with Gasteiger partial charge in [-0.3, -0.25) is 19.4 Å². The molecule has 0 fully saturated rings. The van der Waals surface area contributed by atoms with Crippen LogP contribution in [0.3, 0.4) is 0 Å². The number of rotatable bonds is 4. The molecular formula is C22H20ClN4O4S+. The molecule has 1 amide bonds. The number of amides is 1. The first-order valence-corrected chi connectivity index (χ1v) is 11.2. The molecule has 1 atom stereocenters. The van der Waals surface area contributed by atoms with E-state index in [1.54, 1.807) is 42.5 Å². The number of anilines is 1. The molecule has 4 rings (SSSR count). The van der Waals surface area contributed by atoms with Gasteiger partial charge in [-0.1, -0.05) is 42.4 Å². The molecule has 2 aromatic carbocycles. The fraction of sp³-hybridized carbons (Fsp3) is 0.227. The molecular weight excluding hydrogens is 452 g/mol. The summed E-state index contributed by atoms with van der Waals surface area (Å²) in [7, 11) is 0. The fourth-order valence-corrected chi connectivity index (χ4v) is 4.53. The second-order valence-corrected chi connectivity index (χ2v) is 8.73. The molecule has 0 bridgehead atoms. The van der Waals surface area contributed by atoms with Crippen molar-refractivity contribution in [3.05, 3.63) is 63.4 Å². The number of hydrogen-bond donors (Lipinski definition) is 1. The fourth-order valence-electron chi connectivity index (χ4n) is 3.76. The maximum absolute atomic E-state index is 13.2. The van der Waals surface area contributed by atoms with Gasteiger partial charge in [-0.05, 0) is 40.8 Å². The number of benzene rings is 2. The number of carbonyl (C=O) groups excluding carboxylic acids is 2. The lowest BCUT2D eigenvalue weighted by Crippen LogP contribution is -2.60. The van der Waals surface area contributed by atoms with Gasteiger partial charge in [0.2, 0.25) is 11.1 Å². The summed E-state index contributed by atoms with van der Waals surface area (Å²) in [5.74, 6) is 0.116. The van der Waals surface area contributed by atoms with Crippen LogP contribution in [0.5, 0.6) is 5.75 Å². The van der Waals surface area contributed by atoms with Crippen LogP contribution in [-0.4, -0.2) is 27.7 Å². The molecule has 164 valence electrons. The number of hydrogen-bond acceptors (Lipinski definition) is 6. The van der Waals surface area contributed by atoms with Crippen LogP contribution in [0.4, 0.5) is 5.69 Å². The van der Waals surface area contributed by atoms with Gasteiger partial charge in [-0.2, -0.15) is 0 Å². The topological polar surface area (TPSA) is 96.2 Å². The first-order chi connectivity index (χ1) is 15.3. The van der Waals surface area contributed by atoms with Gasteiger partial charge in [-0.25, -0.2) is 4.90 Å². The summed E-state index contributed by atoms with van der Waals surface area (Å²) < 4.78 is 6.92. The third-order valence-electron chi connectivity index (χ3n) is 4.88. The molecule has 10 heteroatoms. The molecule has 32 heavy (non-hydrogen) atoms. The highest BCUT2D eigenvalue weighted by Gasteiger charge is 2.46. The molecule has 0 unspecified atom stereocenters. The number of fused-ring (bicyclic) bond motifs is 3. The van der Waals surface area contributed by atoms with Crippen molar-refractivity contribution in [3.8, 4) is 17.0 Å². The quantitative estimate of drug-likeness (QED) is 0.271. The molecule has 2 heterocycles. The molecule has 1 aromatic heterocycles. The van der Waals surface area contributed by atoms with Crippen LogP contribution in [0.1, 0.15) is 32.5 Å². The zero-order valence-electron chi connectivity index (χ0n) is 17.6. The van der Waals surface area contributed by atoms with Gasteiger partial charge in [0, 0.05) is 24.0 Å². The number of esters is 1. The Morgan fingerprint density at radius 3 is 2.69 bits per heavy atom. The average molecular weight is 472 g/mol. The first kappa shape index (κ1) is 22.0. The third-order valence-corrected chi connectivity index (χ3v) is 5.86. The van der Waals surface area contributed by atoms with Crippen molar-refractivity contribution < 1.29 is 19.0 Å². The molecule has 0 saturated carbocycles. The minimum Gasteiger partial charge on any atom is -0.426 e. The number of H-pyrrole nitrogens is 1. The highest BCUT2D eigenvalue weighted by Crippen LogP contribution is 2.40. The zero-order valence-corrected chi connectivity index (χ0v) is 19.2. The van der Waals surface area contributed by atoms with E-state index < -0.39 is 12.1 Å². The Bertz CT molecular complexity index is 1290. The smallest absolute Gasteiger partial charge is 0.325 e. The molecule has 8 nitrogen and oxygen atoms in total. The van der Waals surface area contributed by atoms with Gasteiger partial charge in [-0.15, -0.1) is 0 Å². The Kier molecular flexibility index (Phi) is 6.03. The van der Waals surface area contributed by atoms with Crippen LogP contribution < -0.4 is 19.9 Å². The average Bonchev–Trinajstić information content (AvgIpc) is 2.73. The van der Waals surface area contributed by atoms with Crippen LogP contribution in [0.25, 0.3) is 11.3 Å². The van der Waals surface area contributed by atoms with E-state index in [2.05, 4.69) is 10.1 Å². The Balaban J connectivity index is 2.09. The molecule has 1 aliphatic rings. The van der Waals surface area contributed by atoms with Gasteiger partial charge in [0.15, 0.2) is 0 Å². The number of ether oxygens (including phenoxy) is 1. The molecule has 0 saturated heterocycles. The number of halogens is 1.